The summed E-state index contributed by atoms with van der Waals surface area (Å²) < 4.78 is 5.29. The van der Waals surface area contributed by atoms with Gasteiger partial charge in [0.2, 0.25) is 0 Å². The summed E-state index contributed by atoms with van der Waals surface area (Å²) in [4.78, 5) is 4.26. The van der Waals surface area contributed by atoms with Crippen LogP contribution in [-0.4, -0.2) is 18.0 Å². The largest absolute Gasteiger partial charge is 0.496 e. The predicted octanol–water partition coefficient (Wildman–Crippen LogP) is 3.13. The van der Waals surface area contributed by atoms with Crippen molar-refractivity contribution in [1.82, 2.24) is 4.98 Å². The third-order valence-electron chi connectivity index (χ3n) is 2.26. The molecule has 0 aliphatic heterocycles. The molecule has 0 radical (unpaired) electrons. The van der Waals surface area contributed by atoms with Crippen molar-refractivity contribution in [2.45, 2.75) is 19.8 Å². The molecule has 0 fully saturated rings. The van der Waals surface area contributed by atoms with E-state index in [4.69, 9.17) is 16.3 Å². The maximum absolute atomic E-state index is 5.55. The molecular formula is C12H16ClNO. The molecule has 3 heteroatoms. The highest BCUT2D eigenvalue weighted by Crippen LogP contribution is 2.21. The van der Waals surface area contributed by atoms with Gasteiger partial charge in [-0.25, -0.2) is 0 Å². The molecule has 2 nitrogen and oxygen atoms in total. The van der Waals surface area contributed by atoms with E-state index in [1.54, 1.807) is 13.3 Å². The molecule has 1 rings (SSSR count). The first-order chi connectivity index (χ1) is 7.29. The van der Waals surface area contributed by atoms with Crippen LogP contribution in [0, 0.1) is 6.92 Å². The molecule has 0 atom stereocenters. The highest BCUT2D eigenvalue weighted by molar-refractivity contribution is 6.18. The lowest BCUT2D eigenvalue weighted by molar-refractivity contribution is 0.408. The van der Waals surface area contributed by atoms with Crippen LogP contribution in [0.15, 0.2) is 24.4 Å². The van der Waals surface area contributed by atoms with Gasteiger partial charge >= 0.3 is 0 Å². The van der Waals surface area contributed by atoms with Crippen molar-refractivity contribution in [3.05, 3.63) is 35.7 Å². The van der Waals surface area contributed by atoms with Crippen LogP contribution < -0.4 is 4.74 Å². The minimum atomic E-state index is 0.573. The van der Waals surface area contributed by atoms with E-state index in [-0.39, 0.29) is 0 Å². The van der Waals surface area contributed by atoms with Gasteiger partial charge in [0.15, 0.2) is 0 Å². The number of nitrogens with zero attached hydrogens (tertiary/aromatic N) is 1. The summed E-state index contributed by atoms with van der Waals surface area (Å²) in [6.45, 7) is 2.00. The molecule has 0 aliphatic rings. The third-order valence-corrected chi connectivity index (χ3v) is 2.44. The van der Waals surface area contributed by atoms with Crippen LogP contribution in [0.1, 0.15) is 17.7 Å². The van der Waals surface area contributed by atoms with Crippen molar-refractivity contribution >= 4 is 11.6 Å². The molecule has 82 valence electrons. The smallest absolute Gasteiger partial charge is 0.125 e. The lowest BCUT2D eigenvalue weighted by Crippen LogP contribution is -1.97. The molecule has 0 amide bonds. The first-order valence-electron chi connectivity index (χ1n) is 4.99. The number of pyridine rings is 1. The number of allylic oxidation sites excluding steroid dienone is 2. The maximum Gasteiger partial charge on any atom is 0.125 e. The third kappa shape index (κ3) is 3.56. The average molecular weight is 226 g/mol. The van der Waals surface area contributed by atoms with Crippen molar-refractivity contribution < 1.29 is 4.74 Å². The summed E-state index contributed by atoms with van der Waals surface area (Å²) in [5, 5.41) is 0. The second-order valence-corrected chi connectivity index (χ2v) is 3.55. The molecule has 0 aliphatic carbocycles. The molecule has 0 saturated heterocycles. The average Bonchev–Trinajstić information content (AvgIpc) is 2.26. The first kappa shape index (κ1) is 12.1. The monoisotopic (exact) mass is 225 g/mol. The van der Waals surface area contributed by atoms with Gasteiger partial charge in [-0.15, -0.1) is 11.6 Å². The van der Waals surface area contributed by atoms with Crippen LogP contribution in [0.3, 0.4) is 0 Å². The number of aromatic nitrogens is 1. The van der Waals surface area contributed by atoms with E-state index in [0.29, 0.717) is 5.88 Å². The number of halogens is 1. The van der Waals surface area contributed by atoms with Gasteiger partial charge in [0.05, 0.1) is 7.11 Å². The number of rotatable bonds is 5. The quantitative estimate of drug-likeness (QED) is 0.568. The first-order valence-corrected chi connectivity index (χ1v) is 5.52. The topological polar surface area (TPSA) is 22.1 Å². The van der Waals surface area contributed by atoms with Crippen molar-refractivity contribution in [1.29, 1.82) is 0 Å². The second-order valence-electron chi connectivity index (χ2n) is 3.24. The van der Waals surface area contributed by atoms with Gasteiger partial charge in [-0.3, -0.25) is 4.98 Å². The summed E-state index contributed by atoms with van der Waals surface area (Å²) in [7, 11) is 1.69. The van der Waals surface area contributed by atoms with Gasteiger partial charge in [0.1, 0.15) is 5.75 Å². The molecule has 1 aromatic rings. The number of hydrogen-bond acceptors (Lipinski definition) is 2. The number of hydrogen-bond donors (Lipinski definition) is 0. The van der Waals surface area contributed by atoms with E-state index in [0.717, 1.165) is 24.3 Å². The summed E-state index contributed by atoms with van der Waals surface area (Å²) in [6.07, 6.45) is 7.72. The summed E-state index contributed by atoms with van der Waals surface area (Å²) in [6, 6.07) is 1.90. The zero-order chi connectivity index (χ0) is 11.1. The Morgan fingerprint density at radius 2 is 2.27 bits per heavy atom. The van der Waals surface area contributed by atoms with E-state index < -0.39 is 0 Å². The van der Waals surface area contributed by atoms with Crippen molar-refractivity contribution in [3.63, 3.8) is 0 Å². The van der Waals surface area contributed by atoms with Gasteiger partial charge in [0.25, 0.3) is 0 Å². The molecule has 0 N–H and O–H groups in total. The van der Waals surface area contributed by atoms with Crippen LogP contribution in [0.4, 0.5) is 0 Å². The fourth-order valence-corrected chi connectivity index (χ4v) is 1.60. The van der Waals surface area contributed by atoms with E-state index in [1.165, 1.54) is 5.56 Å². The van der Waals surface area contributed by atoms with Crippen molar-refractivity contribution in [3.8, 4) is 5.75 Å². The summed E-state index contributed by atoms with van der Waals surface area (Å²) in [5.41, 5.74) is 2.22. The fourth-order valence-electron chi connectivity index (χ4n) is 1.48. The molecule has 0 spiro atoms. The number of methoxy groups -OCH3 is 1. The molecule has 0 unspecified atom stereocenters. The Balaban J connectivity index is 2.70. The molecule has 15 heavy (non-hydrogen) atoms. The Kier molecular flexibility index (Phi) is 5.19. The van der Waals surface area contributed by atoms with Crippen LogP contribution in [-0.2, 0) is 6.42 Å². The number of aryl methyl sites for hydroxylation is 1. The molecule has 0 aromatic carbocycles. The van der Waals surface area contributed by atoms with Gasteiger partial charge in [0, 0.05) is 23.3 Å². The normalized spacial score (nSPS) is 10.9. The Morgan fingerprint density at radius 1 is 1.47 bits per heavy atom. The van der Waals surface area contributed by atoms with Gasteiger partial charge in [-0.2, -0.15) is 0 Å². The fraction of sp³-hybridized carbons (Fsp3) is 0.417. The Bertz CT molecular complexity index is 336. The standard InChI is InChI=1S/C12H16ClNO/c1-10-11(6-4-3-5-8-13)12(15-2)7-9-14-10/h3,5,7,9H,4,6,8H2,1-2H3/b5-3+. The van der Waals surface area contributed by atoms with E-state index >= 15 is 0 Å². The highest BCUT2D eigenvalue weighted by atomic mass is 35.5. The zero-order valence-corrected chi connectivity index (χ0v) is 9.92. The minimum absolute atomic E-state index is 0.573. The lowest BCUT2D eigenvalue weighted by Gasteiger charge is -2.09. The Hall–Kier alpha value is -1.02. The molecule has 0 bridgehead atoms. The minimum Gasteiger partial charge on any atom is -0.496 e. The SMILES string of the molecule is COc1ccnc(C)c1CC/C=C/CCl. The van der Waals surface area contributed by atoms with E-state index in [2.05, 4.69) is 11.1 Å². The van der Waals surface area contributed by atoms with Crippen LogP contribution in [0.2, 0.25) is 0 Å². The summed E-state index contributed by atoms with van der Waals surface area (Å²) in [5.74, 6) is 1.49. The van der Waals surface area contributed by atoms with Crippen molar-refractivity contribution in [2.24, 2.45) is 0 Å². The molecule has 0 saturated carbocycles. The van der Waals surface area contributed by atoms with E-state index in [1.807, 2.05) is 19.1 Å². The number of ether oxygens (including phenoxy) is 1. The van der Waals surface area contributed by atoms with Crippen molar-refractivity contribution in [2.75, 3.05) is 13.0 Å². The highest BCUT2D eigenvalue weighted by Gasteiger charge is 2.05. The maximum atomic E-state index is 5.55. The lowest BCUT2D eigenvalue weighted by atomic mass is 10.1. The van der Waals surface area contributed by atoms with Gasteiger partial charge < -0.3 is 4.74 Å². The van der Waals surface area contributed by atoms with Gasteiger partial charge in [-0.05, 0) is 25.8 Å². The predicted molar refractivity (Wildman–Crippen MR) is 63.7 cm³/mol. The second kappa shape index (κ2) is 6.46. The molecular weight excluding hydrogens is 210 g/mol. The summed E-state index contributed by atoms with van der Waals surface area (Å²) >= 11 is 5.55. The van der Waals surface area contributed by atoms with Crippen LogP contribution in [0.5, 0.6) is 5.75 Å². The zero-order valence-electron chi connectivity index (χ0n) is 9.16. The Morgan fingerprint density at radius 3 is 2.93 bits per heavy atom. The van der Waals surface area contributed by atoms with Crippen LogP contribution >= 0.6 is 11.6 Å². The van der Waals surface area contributed by atoms with Gasteiger partial charge in [-0.1, -0.05) is 12.2 Å². The van der Waals surface area contributed by atoms with Crippen LogP contribution in [0.25, 0.3) is 0 Å². The molecule has 1 aromatic heterocycles. The molecule has 1 heterocycles. The van der Waals surface area contributed by atoms with E-state index in [9.17, 15) is 0 Å². The Labute approximate surface area is 95.9 Å². The number of alkyl halides is 1.